The first-order valence-corrected chi connectivity index (χ1v) is 9.77. The summed E-state index contributed by atoms with van der Waals surface area (Å²) in [5.74, 6) is 1.69. The van der Waals surface area contributed by atoms with Crippen molar-refractivity contribution in [3.8, 4) is 5.75 Å². The highest BCUT2D eigenvalue weighted by Gasteiger charge is 2.14. The first-order valence-electron chi connectivity index (χ1n) is 8.83. The molecule has 0 unspecified atom stereocenters. The number of hydrogen-bond donors (Lipinski definition) is 3. The Balaban J connectivity index is 1.46. The van der Waals surface area contributed by atoms with Crippen LogP contribution in [-0.2, 0) is 17.8 Å². The van der Waals surface area contributed by atoms with Gasteiger partial charge in [0.15, 0.2) is 5.96 Å². The average Bonchev–Trinajstić information content (AvgIpc) is 3.16. The predicted molar refractivity (Wildman–Crippen MR) is 106 cm³/mol. The van der Waals surface area contributed by atoms with Crippen LogP contribution < -0.4 is 20.7 Å². The molecule has 1 aliphatic heterocycles. The molecular weight excluding hydrogens is 348 g/mol. The molecule has 0 bridgehead atoms. The van der Waals surface area contributed by atoms with Gasteiger partial charge in [-0.2, -0.15) is 11.3 Å². The lowest BCUT2D eigenvalue weighted by Gasteiger charge is -2.18. The molecule has 1 aromatic carbocycles. The molecule has 0 atom stereocenters. The van der Waals surface area contributed by atoms with Crippen LogP contribution in [0.3, 0.4) is 0 Å². The van der Waals surface area contributed by atoms with Gasteiger partial charge in [0.2, 0.25) is 5.91 Å². The van der Waals surface area contributed by atoms with Gasteiger partial charge in [0.1, 0.15) is 12.4 Å². The quantitative estimate of drug-likeness (QED) is 0.397. The Morgan fingerprint density at radius 2 is 2.23 bits per heavy atom. The number of aliphatic imine (C=N–C) groups is 1. The summed E-state index contributed by atoms with van der Waals surface area (Å²) in [6, 6.07) is 7.88. The molecule has 0 saturated heterocycles. The van der Waals surface area contributed by atoms with E-state index in [2.05, 4.69) is 37.8 Å². The zero-order valence-electron chi connectivity index (χ0n) is 14.9. The maximum Gasteiger partial charge on any atom is 0.224 e. The second-order valence-electron chi connectivity index (χ2n) is 5.97. The van der Waals surface area contributed by atoms with Crippen LogP contribution in [0.15, 0.2) is 40.0 Å². The molecule has 0 aliphatic carbocycles. The van der Waals surface area contributed by atoms with Crippen molar-refractivity contribution in [3.05, 3.63) is 46.2 Å². The molecule has 2 aromatic rings. The van der Waals surface area contributed by atoms with Crippen molar-refractivity contribution in [1.29, 1.82) is 0 Å². The van der Waals surface area contributed by atoms with E-state index in [0.29, 0.717) is 26.1 Å². The molecule has 1 amide bonds. The standard InChI is InChI=1S/C19H24N4O2S/c1-2-20-19(22-12-14-7-10-26-13-14)21-8-9-25-16-4-5-17-15(11-16)3-6-18(24)23-17/h4-5,7,10-11,13H,2-3,6,8-9,12H2,1H3,(H,23,24)(H2,20,21,22). The van der Waals surface area contributed by atoms with Crippen LogP contribution in [-0.4, -0.2) is 31.6 Å². The van der Waals surface area contributed by atoms with Gasteiger partial charge in [-0.15, -0.1) is 0 Å². The molecule has 6 nitrogen and oxygen atoms in total. The summed E-state index contributed by atoms with van der Waals surface area (Å²) in [6.45, 7) is 4.71. The first-order chi connectivity index (χ1) is 12.7. The van der Waals surface area contributed by atoms with Crippen molar-refractivity contribution < 1.29 is 9.53 Å². The number of aryl methyl sites for hydroxylation is 1. The van der Waals surface area contributed by atoms with E-state index in [1.807, 2.05) is 25.1 Å². The molecule has 26 heavy (non-hydrogen) atoms. The Bertz CT molecular complexity index is 759. The number of ether oxygens (including phenoxy) is 1. The first kappa shape index (κ1) is 18.3. The number of nitrogens with one attached hydrogen (secondary N) is 3. The van der Waals surface area contributed by atoms with E-state index in [1.54, 1.807) is 11.3 Å². The molecule has 0 radical (unpaired) electrons. The lowest BCUT2D eigenvalue weighted by atomic mass is 10.0. The number of hydrogen-bond acceptors (Lipinski definition) is 4. The highest BCUT2D eigenvalue weighted by atomic mass is 32.1. The molecule has 138 valence electrons. The van der Waals surface area contributed by atoms with Gasteiger partial charge in [0.25, 0.3) is 0 Å². The fraction of sp³-hybridized carbons (Fsp3) is 0.368. The topological polar surface area (TPSA) is 74.8 Å². The molecule has 0 spiro atoms. The van der Waals surface area contributed by atoms with Gasteiger partial charge in [0.05, 0.1) is 13.1 Å². The highest BCUT2D eigenvalue weighted by molar-refractivity contribution is 7.07. The number of guanidine groups is 1. The van der Waals surface area contributed by atoms with Gasteiger partial charge in [-0.25, -0.2) is 4.99 Å². The number of carbonyl (C=O) groups excluding carboxylic acids is 1. The number of rotatable bonds is 7. The maximum atomic E-state index is 11.4. The summed E-state index contributed by atoms with van der Waals surface area (Å²) < 4.78 is 5.82. The van der Waals surface area contributed by atoms with Crippen molar-refractivity contribution in [3.63, 3.8) is 0 Å². The van der Waals surface area contributed by atoms with Gasteiger partial charge in [0, 0.05) is 18.7 Å². The van der Waals surface area contributed by atoms with E-state index >= 15 is 0 Å². The van der Waals surface area contributed by atoms with Crippen LogP contribution in [0.25, 0.3) is 0 Å². The Hall–Kier alpha value is -2.54. The Morgan fingerprint density at radius 3 is 3.04 bits per heavy atom. The molecule has 7 heteroatoms. The van der Waals surface area contributed by atoms with Crippen LogP contribution >= 0.6 is 11.3 Å². The molecule has 1 aliphatic rings. The fourth-order valence-electron chi connectivity index (χ4n) is 2.68. The summed E-state index contributed by atoms with van der Waals surface area (Å²) in [7, 11) is 0. The van der Waals surface area contributed by atoms with Gasteiger partial charge in [-0.1, -0.05) is 0 Å². The molecule has 0 fully saturated rings. The fourth-order valence-corrected chi connectivity index (χ4v) is 3.34. The largest absolute Gasteiger partial charge is 0.492 e. The van der Waals surface area contributed by atoms with E-state index in [4.69, 9.17) is 4.74 Å². The van der Waals surface area contributed by atoms with Crippen LogP contribution in [0.4, 0.5) is 5.69 Å². The van der Waals surface area contributed by atoms with Crippen LogP contribution in [0, 0.1) is 0 Å². The van der Waals surface area contributed by atoms with Gasteiger partial charge >= 0.3 is 0 Å². The van der Waals surface area contributed by atoms with E-state index in [9.17, 15) is 4.79 Å². The molecule has 2 heterocycles. The smallest absolute Gasteiger partial charge is 0.224 e. The average molecular weight is 372 g/mol. The normalized spacial score (nSPS) is 13.7. The Kier molecular flexibility index (Phi) is 6.49. The summed E-state index contributed by atoms with van der Waals surface area (Å²) in [4.78, 5) is 16.0. The van der Waals surface area contributed by atoms with Gasteiger partial charge in [-0.05, 0) is 59.5 Å². The van der Waals surface area contributed by atoms with Crippen molar-refractivity contribution >= 4 is 28.9 Å². The third kappa shape index (κ3) is 5.23. The number of fused-ring (bicyclic) bond motifs is 1. The molecule has 1 aromatic heterocycles. The minimum Gasteiger partial charge on any atom is -0.492 e. The summed E-state index contributed by atoms with van der Waals surface area (Å²) >= 11 is 1.68. The van der Waals surface area contributed by atoms with Crippen molar-refractivity contribution in [2.45, 2.75) is 26.3 Å². The number of carbonyl (C=O) groups is 1. The summed E-state index contributed by atoms with van der Waals surface area (Å²) in [6.07, 6.45) is 1.29. The summed E-state index contributed by atoms with van der Waals surface area (Å²) in [5.41, 5.74) is 3.23. The third-order valence-electron chi connectivity index (χ3n) is 3.98. The Labute approximate surface area is 157 Å². The number of benzene rings is 1. The number of thiophene rings is 1. The van der Waals surface area contributed by atoms with E-state index in [0.717, 1.165) is 35.9 Å². The SMILES string of the molecule is CCNC(=NCc1ccsc1)NCCOc1ccc2c(c1)CCC(=O)N2. The van der Waals surface area contributed by atoms with Crippen LogP contribution in [0.1, 0.15) is 24.5 Å². The molecule has 0 saturated carbocycles. The third-order valence-corrected chi connectivity index (χ3v) is 4.71. The maximum absolute atomic E-state index is 11.4. The predicted octanol–water partition coefficient (Wildman–Crippen LogP) is 2.77. The minimum absolute atomic E-state index is 0.0769. The lowest BCUT2D eigenvalue weighted by Crippen LogP contribution is -2.39. The minimum atomic E-state index is 0.0769. The lowest BCUT2D eigenvalue weighted by molar-refractivity contribution is -0.116. The summed E-state index contributed by atoms with van der Waals surface area (Å²) in [5, 5.41) is 13.6. The van der Waals surface area contributed by atoms with Crippen molar-refractivity contribution in [2.75, 3.05) is 25.0 Å². The van der Waals surface area contributed by atoms with E-state index in [-0.39, 0.29) is 5.91 Å². The monoisotopic (exact) mass is 372 g/mol. The number of nitrogens with zero attached hydrogens (tertiary/aromatic N) is 1. The Morgan fingerprint density at radius 1 is 1.31 bits per heavy atom. The van der Waals surface area contributed by atoms with Gasteiger partial charge in [-0.3, -0.25) is 4.79 Å². The number of amides is 1. The second-order valence-corrected chi connectivity index (χ2v) is 6.75. The van der Waals surface area contributed by atoms with Crippen molar-refractivity contribution in [2.24, 2.45) is 4.99 Å². The second kappa shape index (κ2) is 9.24. The van der Waals surface area contributed by atoms with Crippen LogP contribution in [0.2, 0.25) is 0 Å². The highest BCUT2D eigenvalue weighted by Crippen LogP contribution is 2.26. The van der Waals surface area contributed by atoms with Crippen molar-refractivity contribution in [1.82, 2.24) is 10.6 Å². The van der Waals surface area contributed by atoms with E-state index < -0.39 is 0 Å². The van der Waals surface area contributed by atoms with Gasteiger partial charge < -0.3 is 20.7 Å². The molecule has 3 rings (SSSR count). The van der Waals surface area contributed by atoms with E-state index in [1.165, 1.54) is 5.56 Å². The molecular formula is C19H24N4O2S. The zero-order chi connectivity index (χ0) is 18.2. The molecule has 3 N–H and O–H groups in total. The van der Waals surface area contributed by atoms with Crippen LogP contribution in [0.5, 0.6) is 5.75 Å². The zero-order valence-corrected chi connectivity index (χ0v) is 15.7. The number of anilines is 1.